The molecule has 0 heterocycles. The standard InChI is InChI=1S/C8H18Si/c1-6-4-5-7(2)8(6)9-3/h6-8H,4-5,9H2,1-3H3. The highest BCUT2D eigenvalue weighted by atomic mass is 28.2. The molecule has 0 aromatic carbocycles. The summed E-state index contributed by atoms with van der Waals surface area (Å²) in [5, 5.41) is 0. The van der Waals surface area contributed by atoms with Crippen molar-refractivity contribution in [1.82, 2.24) is 0 Å². The molecule has 0 saturated heterocycles. The topological polar surface area (TPSA) is 0 Å². The van der Waals surface area contributed by atoms with Gasteiger partial charge in [-0.05, 0) is 17.4 Å². The molecule has 54 valence electrons. The smallest absolute Gasteiger partial charge is 0.0208 e. The molecule has 0 spiro atoms. The molecule has 0 aromatic rings. The predicted molar refractivity (Wildman–Crippen MR) is 45.7 cm³/mol. The molecule has 1 heteroatoms. The fourth-order valence-corrected chi connectivity index (χ4v) is 4.40. The van der Waals surface area contributed by atoms with Gasteiger partial charge in [0.15, 0.2) is 0 Å². The van der Waals surface area contributed by atoms with E-state index in [4.69, 9.17) is 0 Å². The highest BCUT2D eigenvalue weighted by Gasteiger charge is 2.28. The van der Waals surface area contributed by atoms with Gasteiger partial charge in [0, 0.05) is 9.52 Å². The van der Waals surface area contributed by atoms with Crippen LogP contribution in [0.2, 0.25) is 12.1 Å². The van der Waals surface area contributed by atoms with Crippen LogP contribution >= 0.6 is 0 Å². The minimum absolute atomic E-state index is 0.296. The Morgan fingerprint density at radius 2 is 1.56 bits per heavy atom. The summed E-state index contributed by atoms with van der Waals surface area (Å²) in [5.74, 6) is 2.13. The number of rotatable bonds is 1. The summed E-state index contributed by atoms with van der Waals surface area (Å²) in [7, 11) is 0.296. The second kappa shape index (κ2) is 2.87. The first kappa shape index (κ1) is 7.33. The van der Waals surface area contributed by atoms with Gasteiger partial charge in [-0.25, -0.2) is 0 Å². The lowest BCUT2D eigenvalue weighted by molar-refractivity contribution is 0.550. The second-order valence-electron chi connectivity index (χ2n) is 3.60. The molecule has 0 nitrogen and oxygen atoms in total. The summed E-state index contributed by atoms with van der Waals surface area (Å²) in [5.41, 5.74) is 1.17. The van der Waals surface area contributed by atoms with E-state index in [-0.39, 0.29) is 0 Å². The minimum Gasteiger partial charge on any atom is -0.0746 e. The number of hydrogen-bond donors (Lipinski definition) is 0. The van der Waals surface area contributed by atoms with E-state index in [0.717, 1.165) is 11.8 Å². The van der Waals surface area contributed by atoms with E-state index in [9.17, 15) is 0 Å². The molecule has 1 aliphatic carbocycles. The van der Waals surface area contributed by atoms with Crippen LogP contribution in [-0.4, -0.2) is 9.52 Å². The van der Waals surface area contributed by atoms with Gasteiger partial charge < -0.3 is 0 Å². The summed E-state index contributed by atoms with van der Waals surface area (Å²) in [6.07, 6.45) is 3.01. The first-order valence-electron chi connectivity index (χ1n) is 4.25. The van der Waals surface area contributed by atoms with Crippen LogP contribution in [-0.2, 0) is 0 Å². The molecule has 1 fully saturated rings. The Hall–Kier alpha value is 0.217. The fourth-order valence-electron chi connectivity index (χ4n) is 2.32. The molecule has 1 saturated carbocycles. The van der Waals surface area contributed by atoms with Crippen LogP contribution in [0.5, 0.6) is 0 Å². The van der Waals surface area contributed by atoms with E-state index in [0.29, 0.717) is 9.52 Å². The Kier molecular flexibility index (Phi) is 2.33. The van der Waals surface area contributed by atoms with Crippen molar-refractivity contribution >= 4 is 9.52 Å². The van der Waals surface area contributed by atoms with Crippen LogP contribution in [0, 0.1) is 11.8 Å². The van der Waals surface area contributed by atoms with Gasteiger partial charge in [-0.2, -0.15) is 0 Å². The van der Waals surface area contributed by atoms with Crippen LogP contribution in [0.1, 0.15) is 26.7 Å². The average Bonchev–Trinajstić information content (AvgIpc) is 2.12. The van der Waals surface area contributed by atoms with Gasteiger partial charge in [-0.15, -0.1) is 0 Å². The van der Waals surface area contributed by atoms with E-state index >= 15 is 0 Å². The zero-order valence-electron chi connectivity index (χ0n) is 6.85. The minimum atomic E-state index is 0.296. The van der Waals surface area contributed by atoms with Crippen molar-refractivity contribution in [1.29, 1.82) is 0 Å². The van der Waals surface area contributed by atoms with Crippen LogP contribution in [0.15, 0.2) is 0 Å². The SMILES string of the molecule is C[SiH2]C1C(C)CCC1C. The molecule has 0 bridgehead atoms. The maximum Gasteiger partial charge on any atom is 0.0208 e. The first-order chi connectivity index (χ1) is 4.25. The highest BCUT2D eigenvalue weighted by molar-refractivity contribution is 6.36. The lowest BCUT2D eigenvalue weighted by Gasteiger charge is -2.16. The van der Waals surface area contributed by atoms with E-state index in [1.165, 1.54) is 18.4 Å². The normalized spacial score (nSPS) is 45.0. The Balaban J connectivity index is 2.44. The molecule has 0 amide bonds. The molecule has 9 heavy (non-hydrogen) atoms. The molecule has 0 aliphatic heterocycles. The Morgan fingerprint density at radius 1 is 1.11 bits per heavy atom. The van der Waals surface area contributed by atoms with Gasteiger partial charge in [0.25, 0.3) is 0 Å². The van der Waals surface area contributed by atoms with Crippen molar-refractivity contribution in [3.63, 3.8) is 0 Å². The van der Waals surface area contributed by atoms with E-state index < -0.39 is 0 Å². The van der Waals surface area contributed by atoms with Crippen LogP contribution in [0.3, 0.4) is 0 Å². The monoisotopic (exact) mass is 142 g/mol. The molecule has 1 aliphatic rings. The zero-order valence-corrected chi connectivity index (χ0v) is 8.27. The molecule has 0 N–H and O–H groups in total. The third-order valence-corrected chi connectivity index (χ3v) is 5.56. The third-order valence-electron chi connectivity index (χ3n) is 3.01. The summed E-state index contributed by atoms with van der Waals surface area (Å²) >= 11 is 0. The fraction of sp³-hybridized carbons (Fsp3) is 1.00. The van der Waals surface area contributed by atoms with Gasteiger partial charge in [-0.3, -0.25) is 0 Å². The van der Waals surface area contributed by atoms with Gasteiger partial charge in [0.05, 0.1) is 0 Å². The van der Waals surface area contributed by atoms with Crippen molar-refractivity contribution in [3.05, 3.63) is 0 Å². The summed E-state index contributed by atoms with van der Waals surface area (Å²) in [6, 6.07) is 0. The van der Waals surface area contributed by atoms with Crippen molar-refractivity contribution in [2.75, 3.05) is 0 Å². The van der Waals surface area contributed by atoms with Gasteiger partial charge >= 0.3 is 0 Å². The molecule has 2 atom stereocenters. The van der Waals surface area contributed by atoms with Crippen LogP contribution < -0.4 is 0 Å². The molecule has 0 radical (unpaired) electrons. The lowest BCUT2D eigenvalue weighted by atomic mass is 10.1. The average molecular weight is 142 g/mol. The summed E-state index contributed by atoms with van der Waals surface area (Å²) in [4.78, 5) is 0. The molecule has 2 unspecified atom stereocenters. The molecular weight excluding hydrogens is 124 g/mol. The van der Waals surface area contributed by atoms with Gasteiger partial charge in [0.2, 0.25) is 0 Å². The zero-order chi connectivity index (χ0) is 6.85. The van der Waals surface area contributed by atoms with E-state index in [2.05, 4.69) is 20.4 Å². The van der Waals surface area contributed by atoms with Crippen molar-refractivity contribution in [2.24, 2.45) is 11.8 Å². The van der Waals surface area contributed by atoms with Crippen molar-refractivity contribution < 1.29 is 0 Å². The molecule has 0 aromatic heterocycles. The Bertz CT molecular complexity index is 80.6. The highest BCUT2D eigenvalue weighted by Crippen LogP contribution is 2.40. The number of hydrogen-bond acceptors (Lipinski definition) is 0. The molecule has 1 rings (SSSR count). The Labute approximate surface area is 60.9 Å². The van der Waals surface area contributed by atoms with Crippen LogP contribution in [0.25, 0.3) is 0 Å². The third kappa shape index (κ3) is 1.37. The maximum absolute atomic E-state index is 2.46. The summed E-state index contributed by atoms with van der Waals surface area (Å²) < 4.78 is 0. The Morgan fingerprint density at radius 3 is 1.78 bits per heavy atom. The summed E-state index contributed by atoms with van der Waals surface area (Å²) in [6.45, 7) is 7.33. The van der Waals surface area contributed by atoms with Crippen molar-refractivity contribution in [3.8, 4) is 0 Å². The van der Waals surface area contributed by atoms with Gasteiger partial charge in [0.1, 0.15) is 0 Å². The maximum atomic E-state index is 2.46. The van der Waals surface area contributed by atoms with Crippen molar-refractivity contribution in [2.45, 2.75) is 38.8 Å². The lowest BCUT2D eigenvalue weighted by Crippen LogP contribution is -2.08. The molecular formula is C8H18Si. The quantitative estimate of drug-likeness (QED) is 0.492. The first-order valence-corrected chi connectivity index (χ1v) is 6.48. The van der Waals surface area contributed by atoms with E-state index in [1.807, 2.05) is 0 Å². The second-order valence-corrected chi connectivity index (χ2v) is 5.36. The largest absolute Gasteiger partial charge is 0.0746 e. The predicted octanol–water partition coefficient (Wildman–Crippen LogP) is 2.06. The van der Waals surface area contributed by atoms with Crippen LogP contribution in [0.4, 0.5) is 0 Å². The van der Waals surface area contributed by atoms with E-state index in [1.54, 1.807) is 0 Å². The van der Waals surface area contributed by atoms with Gasteiger partial charge in [-0.1, -0.05) is 33.2 Å².